The first-order valence-corrected chi connectivity index (χ1v) is 10.3. The minimum absolute atomic E-state index is 0.134. The van der Waals surface area contributed by atoms with Crippen LogP contribution < -0.4 is 5.32 Å². The lowest BCUT2D eigenvalue weighted by Gasteiger charge is -2.40. The van der Waals surface area contributed by atoms with Gasteiger partial charge in [-0.15, -0.1) is 0 Å². The van der Waals surface area contributed by atoms with Crippen LogP contribution in [-0.4, -0.2) is 75.2 Å². The third-order valence-corrected chi connectivity index (χ3v) is 6.87. The molecule has 2 aliphatic heterocycles. The summed E-state index contributed by atoms with van der Waals surface area (Å²) in [6.07, 6.45) is 3.50. The number of β-amino-alcohol motifs (C(OH)–C–C–N with tert-alkyl or cyclic N) is 1. The maximum atomic E-state index is 12.2. The lowest BCUT2D eigenvalue weighted by atomic mass is 10.00. The van der Waals surface area contributed by atoms with Crippen LogP contribution in [0.2, 0.25) is 0 Å². The second-order valence-electron chi connectivity index (χ2n) is 5.97. The van der Waals surface area contributed by atoms with E-state index in [4.69, 9.17) is 0 Å². The summed E-state index contributed by atoms with van der Waals surface area (Å²) in [5.41, 5.74) is 0.589. The lowest BCUT2D eigenvalue weighted by Crippen LogP contribution is -2.57. The van der Waals surface area contributed by atoms with Gasteiger partial charge in [-0.05, 0) is 18.6 Å². The standard InChI is InChI=1S/C16H23N3O2S2/c20-15-9-19(13-10-22-7-8-23-11-13)6-3-14(15)18-16(21)12-1-4-17-5-2-12/h1-2,4-5,13-15,20H,3,6-11H2,(H,18,21)/t14-,15-/m1/s1. The molecule has 0 aliphatic carbocycles. The molecule has 0 spiro atoms. The Hall–Kier alpha value is -0.760. The van der Waals surface area contributed by atoms with Crippen LogP contribution in [0.15, 0.2) is 24.5 Å². The number of nitrogens with zero attached hydrogens (tertiary/aromatic N) is 2. The molecule has 126 valence electrons. The van der Waals surface area contributed by atoms with Crippen LogP contribution in [0.25, 0.3) is 0 Å². The van der Waals surface area contributed by atoms with Crippen molar-refractivity contribution < 1.29 is 9.90 Å². The first-order chi connectivity index (χ1) is 11.2. The number of hydrogen-bond acceptors (Lipinski definition) is 6. The van der Waals surface area contributed by atoms with Crippen molar-refractivity contribution in [1.29, 1.82) is 0 Å². The van der Waals surface area contributed by atoms with Crippen molar-refractivity contribution in [2.24, 2.45) is 0 Å². The molecule has 2 aliphatic rings. The van der Waals surface area contributed by atoms with Gasteiger partial charge in [0.1, 0.15) is 0 Å². The Morgan fingerprint density at radius 2 is 1.96 bits per heavy atom. The van der Waals surface area contributed by atoms with Gasteiger partial charge in [-0.3, -0.25) is 14.7 Å². The molecule has 0 unspecified atom stereocenters. The normalized spacial score (nSPS) is 27.3. The quantitative estimate of drug-likeness (QED) is 0.848. The molecule has 0 saturated carbocycles. The second-order valence-corrected chi connectivity index (χ2v) is 8.27. The molecule has 3 heterocycles. The molecular weight excluding hydrogens is 330 g/mol. The van der Waals surface area contributed by atoms with Gasteiger partial charge < -0.3 is 10.4 Å². The molecule has 23 heavy (non-hydrogen) atoms. The van der Waals surface area contributed by atoms with Crippen LogP contribution in [-0.2, 0) is 0 Å². The number of carbonyl (C=O) groups is 1. The number of likely N-dealkylation sites (tertiary alicyclic amines) is 1. The monoisotopic (exact) mass is 353 g/mol. The minimum Gasteiger partial charge on any atom is -0.390 e. The number of thioether (sulfide) groups is 2. The SMILES string of the molecule is O=C(N[C@@H]1CCN(C2CSCCSC2)C[C@H]1O)c1ccncc1. The molecule has 5 nitrogen and oxygen atoms in total. The van der Waals surface area contributed by atoms with Gasteiger partial charge in [0.2, 0.25) is 0 Å². The predicted octanol–water partition coefficient (Wildman–Crippen LogP) is 1.10. The summed E-state index contributed by atoms with van der Waals surface area (Å²) in [6, 6.07) is 3.75. The van der Waals surface area contributed by atoms with Crippen molar-refractivity contribution in [2.45, 2.75) is 24.6 Å². The molecule has 2 atom stereocenters. The summed E-state index contributed by atoms with van der Waals surface area (Å²) in [5.74, 6) is 4.61. The van der Waals surface area contributed by atoms with Gasteiger partial charge in [-0.25, -0.2) is 0 Å². The van der Waals surface area contributed by atoms with Crippen molar-refractivity contribution in [3.8, 4) is 0 Å². The largest absolute Gasteiger partial charge is 0.390 e. The molecule has 1 aromatic heterocycles. The van der Waals surface area contributed by atoms with Crippen LogP contribution in [0.1, 0.15) is 16.8 Å². The van der Waals surface area contributed by atoms with E-state index in [-0.39, 0.29) is 11.9 Å². The first kappa shape index (κ1) is 17.1. The number of amides is 1. The fourth-order valence-electron chi connectivity index (χ4n) is 3.03. The number of aromatic nitrogens is 1. The Morgan fingerprint density at radius 3 is 2.61 bits per heavy atom. The van der Waals surface area contributed by atoms with Crippen molar-refractivity contribution in [1.82, 2.24) is 15.2 Å². The van der Waals surface area contributed by atoms with Gasteiger partial charge in [-0.2, -0.15) is 23.5 Å². The van der Waals surface area contributed by atoms with Gasteiger partial charge in [0.05, 0.1) is 12.1 Å². The minimum atomic E-state index is -0.507. The maximum absolute atomic E-state index is 12.2. The summed E-state index contributed by atoms with van der Waals surface area (Å²) in [5, 5.41) is 13.4. The number of aliphatic hydroxyl groups is 1. The van der Waals surface area contributed by atoms with E-state index < -0.39 is 6.10 Å². The molecular formula is C16H23N3O2S2. The predicted molar refractivity (Wildman–Crippen MR) is 96.1 cm³/mol. The molecule has 0 radical (unpaired) electrons. The van der Waals surface area contributed by atoms with Crippen molar-refractivity contribution in [3.63, 3.8) is 0 Å². The molecule has 2 saturated heterocycles. The number of piperidine rings is 1. The lowest BCUT2D eigenvalue weighted by molar-refractivity contribution is 0.0278. The van der Waals surface area contributed by atoms with Crippen LogP contribution in [0.5, 0.6) is 0 Å². The number of pyridine rings is 1. The van der Waals surface area contributed by atoms with Crippen molar-refractivity contribution >= 4 is 29.4 Å². The molecule has 1 amide bonds. The highest BCUT2D eigenvalue weighted by Crippen LogP contribution is 2.23. The zero-order valence-corrected chi connectivity index (χ0v) is 14.7. The Kier molecular flexibility index (Phi) is 6.21. The molecule has 1 aromatic rings. The maximum Gasteiger partial charge on any atom is 0.251 e. The van der Waals surface area contributed by atoms with E-state index in [0.29, 0.717) is 18.2 Å². The van der Waals surface area contributed by atoms with Crippen molar-refractivity contribution in [2.75, 3.05) is 36.1 Å². The molecule has 0 bridgehead atoms. The summed E-state index contributed by atoms with van der Waals surface area (Å²) < 4.78 is 0. The smallest absolute Gasteiger partial charge is 0.251 e. The summed E-state index contributed by atoms with van der Waals surface area (Å²) >= 11 is 4.02. The van der Waals surface area contributed by atoms with Gasteiger partial charge in [-0.1, -0.05) is 0 Å². The van der Waals surface area contributed by atoms with Crippen LogP contribution in [0, 0.1) is 0 Å². The number of hydrogen-bond donors (Lipinski definition) is 2. The van der Waals surface area contributed by atoms with Gasteiger partial charge in [0.15, 0.2) is 0 Å². The molecule has 7 heteroatoms. The van der Waals surface area contributed by atoms with Crippen LogP contribution in [0.4, 0.5) is 0 Å². The highest BCUT2D eigenvalue weighted by Gasteiger charge is 2.32. The fraction of sp³-hybridized carbons (Fsp3) is 0.625. The van der Waals surface area contributed by atoms with Gasteiger partial charge in [0.25, 0.3) is 5.91 Å². The number of rotatable bonds is 3. The number of aliphatic hydroxyl groups excluding tert-OH is 1. The number of nitrogens with one attached hydrogen (secondary N) is 1. The molecule has 3 rings (SSSR count). The summed E-state index contributed by atoms with van der Waals surface area (Å²) in [6.45, 7) is 1.58. The second kappa shape index (κ2) is 8.37. The van der Waals surface area contributed by atoms with Gasteiger partial charge >= 0.3 is 0 Å². The third kappa shape index (κ3) is 4.62. The fourth-order valence-corrected chi connectivity index (χ4v) is 5.65. The van der Waals surface area contributed by atoms with E-state index >= 15 is 0 Å². The van der Waals surface area contributed by atoms with E-state index in [0.717, 1.165) is 24.5 Å². The Balaban J connectivity index is 1.53. The van der Waals surface area contributed by atoms with E-state index in [9.17, 15) is 9.90 Å². The summed E-state index contributed by atoms with van der Waals surface area (Å²) in [4.78, 5) is 18.5. The highest BCUT2D eigenvalue weighted by atomic mass is 32.2. The average molecular weight is 354 g/mol. The molecule has 0 aromatic carbocycles. The Morgan fingerprint density at radius 1 is 1.26 bits per heavy atom. The van der Waals surface area contributed by atoms with E-state index in [1.165, 1.54) is 11.5 Å². The highest BCUT2D eigenvalue weighted by molar-refractivity contribution is 8.03. The van der Waals surface area contributed by atoms with Crippen LogP contribution in [0.3, 0.4) is 0 Å². The van der Waals surface area contributed by atoms with Gasteiger partial charge in [0, 0.05) is 60.1 Å². The third-order valence-electron chi connectivity index (χ3n) is 4.38. The zero-order chi connectivity index (χ0) is 16.1. The summed E-state index contributed by atoms with van der Waals surface area (Å²) in [7, 11) is 0. The van der Waals surface area contributed by atoms with E-state index in [2.05, 4.69) is 15.2 Å². The van der Waals surface area contributed by atoms with E-state index in [1.807, 2.05) is 23.5 Å². The Labute approximate surface area is 145 Å². The Bertz CT molecular complexity index is 509. The topological polar surface area (TPSA) is 65.5 Å². The van der Waals surface area contributed by atoms with Crippen LogP contribution >= 0.6 is 23.5 Å². The number of carbonyl (C=O) groups excluding carboxylic acids is 1. The average Bonchev–Trinajstić information content (AvgIpc) is 2.87. The van der Waals surface area contributed by atoms with E-state index in [1.54, 1.807) is 24.5 Å². The zero-order valence-electron chi connectivity index (χ0n) is 13.1. The molecule has 2 fully saturated rings. The molecule has 2 N–H and O–H groups in total. The van der Waals surface area contributed by atoms with Crippen molar-refractivity contribution in [3.05, 3.63) is 30.1 Å². The first-order valence-electron chi connectivity index (χ1n) is 8.02.